The van der Waals surface area contributed by atoms with E-state index in [2.05, 4.69) is 10.3 Å². The molecule has 2 heterocycles. The van der Waals surface area contributed by atoms with Crippen LogP contribution < -0.4 is 15.8 Å². The summed E-state index contributed by atoms with van der Waals surface area (Å²) in [5.74, 6) is -3.66. The lowest BCUT2D eigenvalue weighted by molar-refractivity contribution is -0.136. The van der Waals surface area contributed by atoms with E-state index in [1.165, 1.54) is 15.9 Å². The number of anilines is 1. The summed E-state index contributed by atoms with van der Waals surface area (Å²) >= 11 is 0. The molecule has 1 atom stereocenters. The molecule has 190 valence electrons. The number of hydrogen-bond donors (Lipinski definition) is 2. The van der Waals surface area contributed by atoms with Crippen molar-refractivity contribution in [2.45, 2.75) is 18.6 Å². The van der Waals surface area contributed by atoms with Gasteiger partial charge in [-0.15, -0.1) is 0 Å². The maximum Gasteiger partial charge on any atom is 0.390 e. The van der Waals surface area contributed by atoms with Crippen LogP contribution in [0.3, 0.4) is 0 Å². The molecule has 1 aliphatic heterocycles. The van der Waals surface area contributed by atoms with Crippen LogP contribution in [-0.4, -0.2) is 60.1 Å². The van der Waals surface area contributed by atoms with E-state index in [0.29, 0.717) is 10.9 Å². The van der Waals surface area contributed by atoms with E-state index >= 15 is 0 Å². The molecule has 2 amide bonds. The molecule has 2 N–H and O–H groups in total. The molecular formula is C24H21F5N4O3. The largest absolute Gasteiger partial charge is 0.390 e. The van der Waals surface area contributed by atoms with Crippen molar-refractivity contribution in [2.24, 2.45) is 0 Å². The Morgan fingerprint density at radius 1 is 1.03 bits per heavy atom. The number of aromatic nitrogens is 1. The second-order valence-electron chi connectivity index (χ2n) is 8.31. The number of alkyl halides is 3. The molecule has 2 aromatic carbocycles. The van der Waals surface area contributed by atoms with Crippen molar-refractivity contribution >= 4 is 28.4 Å². The summed E-state index contributed by atoms with van der Waals surface area (Å²) in [4.78, 5) is 44.0. The molecule has 0 saturated carbocycles. The molecule has 1 aromatic heterocycles. The van der Waals surface area contributed by atoms with E-state index in [-0.39, 0.29) is 30.9 Å². The van der Waals surface area contributed by atoms with E-state index in [1.807, 2.05) is 0 Å². The van der Waals surface area contributed by atoms with E-state index in [9.17, 15) is 36.3 Å². The van der Waals surface area contributed by atoms with Crippen LogP contribution in [0.2, 0.25) is 0 Å². The number of H-pyrrole nitrogens is 1. The lowest BCUT2D eigenvalue weighted by Crippen LogP contribution is -2.61. The molecule has 0 aliphatic carbocycles. The second-order valence-corrected chi connectivity index (χ2v) is 8.31. The van der Waals surface area contributed by atoms with Gasteiger partial charge in [0.25, 0.3) is 5.91 Å². The summed E-state index contributed by atoms with van der Waals surface area (Å²) < 4.78 is 65.0. The van der Waals surface area contributed by atoms with Gasteiger partial charge < -0.3 is 20.1 Å². The maximum atomic E-state index is 13.8. The van der Waals surface area contributed by atoms with Gasteiger partial charge >= 0.3 is 6.18 Å². The number of aromatic amines is 1. The molecule has 0 spiro atoms. The number of nitrogens with zero attached hydrogens (tertiary/aromatic N) is 2. The highest BCUT2D eigenvalue weighted by Crippen LogP contribution is 2.25. The fourth-order valence-corrected chi connectivity index (χ4v) is 4.15. The van der Waals surface area contributed by atoms with Gasteiger partial charge in [0.05, 0.1) is 12.0 Å². The molecule has 7 nitrogen and oxygen atoms in total. The van der Waals surface area contributed by atoms with Crippen LogP contribution >= 0.6 is 0 Å². The monoisotopic (exact) mass is 508 g/mol. The molecule has 1 fully saturated rings. The highest BCUT2D eigenvalue weighted by Gasteiger charge is 2.37. The first-order chi connectivity index (χ1) is 17.0. The number of fused-ring (bicyclic) bond motifs is 1. The molecule has 0 bridgehead atoms. The first kappa shape index (κ1) is 25.1. The third-order valence-corrected chi connectivity index (χ3v) is 5.90. The first-order valence-corrected chi connectivity index (χ1v) is 11.0. The number of amides is 2. The third-order valence-electron chi connectivity index (χ3n) is 5.90. The summed E-state index contributed by atoms with van der Waals surface area (Å²) in [5.41, 5.74) is 0.142. The Morgan fingerprint density at radius 2 is 1.78 bits per heavy atom. The molecule has 1 unspecified atom stereocenters. The smallest absolute Gasteiger partial charge is 0.367 e. The van der Waals surface area contributed by atoms with Crippen molar-refractivity contribution < 1.29 is 31.5 Å². The van der Waals surface area contributed by atoms with Gasteiger partial charge in [-0.3, -0.25) is 14.4 Å². The van der Waals surface area contributed by atoms with E-state index in [1.54, 1.807) is 24.3 Å². The number of hydrogen-bond acceptors (Lipinski definition) is 4. The average Bonchev–Trinajstić information content (AvgIpc) is 2.83. The third kappa shape index (κ3) is 5.47. The van der Waals surface area contributed by atoms with Crippen LogP contribution in [-0.2, 0) is 4.79 Å². The lowest BCUT2D eigenvalue weighted by atomic mass is 10.0. The van der Waals surface area contributed by atoms with Gasteiger partial charge in [-0.25, -0.2) is 8.78 Å². The summed E-state index contributed by atoms with van der Waals surface area (Å²) in [5, 5.41) is 2.64. The van der Waals surface area contributed by atoms with E-state index in [4.69, 9.17) is 0 Å². The van der Waals surface area contributed by atoms with Crippen LogP contribution in [0.25, 0.3) is 10.9 Å². The number of carbonyl (C=O) groups is 2. The Hall–Kier alpha value is -3.96. The van der Waals surface area contributed by atoms with Gasteiger partial charge in [0.1, 0.15) is 6.04 Å². The van der Waals surface area contributed by atoms with E-state index < -0.39 is 54.2 Å². The zero-order chi connectivity index (χ0) is 26.0. The number of pyridine rings is 1. The Bertz CT molecular complexity index is 1360. The highest BCUT2D eigenvalue weighted by atomic mass is 19.4. The van der Waals surface area contributed by atoms with Gasteiger partial charge in [-0.1, -0.05) is 18.2 Å². The van der Waals surface area contributed by atoms with Crippen LogP contribution in [0.1, 0.15) is 16.8 Å². The van der Waals surface area contributed by atoms with Crippen molar-refractivity contribution in [1.29, 1.82) is 0 Å². The fourth-order valence-electron chi connectivity index (χ4n) is 4.15. The van der Waals surface area contributed by atoms with E-state index in [0.717, 1.165) is 18.2 Å². The summed E-state index contributed by atoms with van der Waals surface area (Å²) in [6, 6.07) is 9.57. The standard InChI is InChI=1S/C24H21F5N4O3/c25-17-6-5-14(11-18(17)26)32-9-10-33(20(13-32)22(35)30-8-7-24(27,28)29)23(36)16-12-21(34)31-19-4-2-1-3-15(16)19/h1-6,11-12,20H,7-10,13H2,(H,30,35)(H,31,34). The van der Waals surface area contributed by atoms with Gasteiger partial charge in [-0.05, 0) is 18.2 Å². The molecule has 3 aromatic rings. The van der Waals surface area contributed by atoms with Crippen molar-refractivity contribution in [3.05, 3.63) is 76.1 Å². The summed E-state index contributed by atoms with van der Waals surface area (Å²) in [6.45, 7) is -0.809. The van der Waals surface area contributed by atoms with Crippen LogP contribution in [0.5, 0.6) is 0 Å². The van der Waals surface area contributed by atoms with Crippen molar-refractivity contribution in [1.82, 2.24) is 15.2 Å². The number of piperazine rings is 1. The molecule has 36 heavy (non-hydrogen) atoms. The van der Waals surface area contributed by atoms with Crippen LogP contribution in [0, 0.1) is 11.6 Å². The molecule has 4 rings (SSSR count). The predicted octanol–water partition coefficient (Wildman–Crippen LogP) is 3.21. The number of nitrogens with one attached hydrogen (secondary N) is 2. The number of para-hydroxylation sites is 1. The topological polar surface area (TPSA) is 85.5 Å². The zero-order valence-corrected chi connectivity index (χ0v) is 18.7. The number of rotatable bonds is 5. The number of benzene rings is 2. The molecule has 1 saturated heterocycles. The minimum Gasteiger partial charge on any atom is -0.367 e. The highest BCUT2D eigenvalue weighted by molar-refractivity contribution is 6.07. The van der Waals surface area contributed by atoms with Gasteiger partial charge in [0, 0.05) is 54.9 Å². The molecular weight excluding hydrogens is 487 g/mol. The normalized spacial score (nSPS) is 16.3. The average molecular weight is 508 g/mol. The first-order valence-electron chi connectivity index (χ1n) is 11.0. The fraction of sp³-hybridized carbons (Fsp3) is 0.292. The maximum absolute atomic E-state index is 13.8. The zero-order valence-electron chi connectivity index (χ0n) is 18.7. The SMILES string of the molecule is O=C(NCCC(F)(F)F)C1CN(c2ccc(F)c(F)c2)CCN1C(=O)c1cc(=O)[nH]c2ccccc12. The second kappa shape index (κ2) is 9.96. The van der Waals surface area contributed by atoms with Crippen molar-refractivity contribution in [3.8, 4) is 0 Å². The quantitative estimate of drug-likeness (QED) is 0.519. The van der Waals surface area contributed by atoms with Gasteiger partial charge in [0.15, 0.2) is 11.6 Å². The Balaban J connectivity index is 1.65. The molecule has 12 heteroatoms. The Labute approximate surface area is 201 Å². The Morgan fingerprint density at radius 3 is 2.50 bits per heavy atom. The van der Waals surface area contributed by atoms with Gasteiger partial charge in [0.2, 0.25) is 11.5 Å². The molecule has 1 aliphatic rings. The molecule has 0 radical (unpaired) electrons. The number of halogens is 5. The lowest BCUT2D eigenvalue weighted by Gasteiger charge is -2.41. The van der Waals surface area contributed by atoms with Crippen LogP contribution in [0.15, 0.2) is 53.3 Å². The summed E-state index contributed by atoms with van der Waals surface area (Å²) in [6.07, 6.45) is -5.75. The van der Waals surface area contributed by atoms with Crippen molar-refractivity contribution in [2.75, 3.05) is 31.1 Å². The van der Waals surface area contributed by atoms with Crippen LogP contribution in [0.4, 0.5) is 27.6 Å². The minimum atomic E-state index is -4.49. The minimum absolute atomic E-state index is 0.0312. The van der Waals surface area contributed by atoms with Gasteiger partial charge in [-0.2, -0.15) is 13.2 Å². The summed E-state index contributed by atoms with van der Waals surface area (Å²) in [7, 11) is 0. The Kier molecular flexibility index (Phi) is 6.95. The van der Waals surface area contributed by atoms with Crippen molar-refractivity contribution in [3.63, 3.8) is 0 Å². The number of carbonyl (C=O) groups excluding carboxylic acids is 2. The predicted molar refractivity (Wildman–Crippen MR) is 122 cm³/mol.